The van der Waals surface area contributed by atoms with Crippen molar-refractivity contribution in [2.24, 2.45) is 7.05 Å². The zero-order valence-corrected chi connectivity index (χ0v) is 11.6. The molecule has 0 spiro atoms. The Labute approximate surface area is 115 Å². The van der Waals surface area contributed by atoms with E-state index in [9.17, 15) is 4.79 Å². The van der Waals surface area contributed by atoms with E-state index in [0.29, 0.717) is 11.4 Å². The van der Waals surface area contributed by atoms with Gasteiger partial charge in [0.25, 0.3) is 0 Å². The van der Waals surface area contributed by atoms with Crippen LogP contribution in [-0.2, 0) is 11.8 Å². The van der Waals surface area contributed by atoms with Crippen LogP contribution in [0.2, 0.25) is 0 Å². The third-order valence-corrected chi connectivity index (χ3v) is 3.67. The van der Waals surface area contributed by atoms with E-state index in [1.807, 2.05) is 12.1 Å². The predicted octanol–water partition coefficient (Wildman–Crippen LogP) is 1.15. The van der Waals surface area contributed by atoms with E-state index < -0.39 is 0 Å². The van der Waals surface area contributed by atoms with Gasteiger partial charge in [0.2, 0.25) is 5.91 Å². The van der Waals surface area contributed by atoms with Crippen LogP contribution < -0.4 is 10.6 Å². The van der Waals surface area contributed by atoms with Crippen molar-refractivity contribution < 1.29 is 4.79 Å². The fourth-order valence-corrected chi connectivity index (χ4v) is 2.28. The first kappa shape index (κ1) is 13.4. The monoisotopic (exact) mass is 277 g/mol. The fourth-order valence-electron chi connectivity index (χ4n) is 1.48. The Bertz CT molecular complexity index is 566. The minimum Gasteiger partial charge on any atom is -0.399 e. The molecule has 1 aromatic carbocycles. The second-order valence-electron chi connectivity index (χ2n) is 4.00. The smallest absolute Gasteiger partial charge is 0.237 e. The van der Waals surface area contributed by atoms with Crippen LogP contribution in [0.4, 0.5) is 11.4 Å². The molecular formula is C12H15N5OS. The van der Waals surface area contributed by atoms with Crippen LogP contribution in [0.3, 0.4) is 0 Å². The highest BCUT2D eigenvalue weighted by Gasteiger charge is 2.12. The maximum atomic E-state index is 12.1. The average Bonchev–Trinajstić information content (AvgIpc) is 2.81. The molecule has 7 heteroatoms. The van der Waals surface area contributed by atoms with Crippen molar-refractivity contribution in [3.05, 3.63) is 30.6 Å². The lowest BCUT2D eigenvalue weighted by Gasteiger charge is -2.17. The lowest BCUT2D eigenvalue weighted by Crippen LogP contribution is -2.28. The average molecular weight is 277 g/mol. The zero-order chi connectivity index (χ0) is 13.8. The predicted molar refractivity (Wildman–Crippen MR) is 76.0 cm³/mol. The van der Waals surface area contributed by atoms with Crippen molar-refractivity contribution >= 4 is 29.0 Å². The number of aryl methyl sites for hydroxylation is 1. The van der Waals surface area contributed by atoms with Crippen molar-refractivity contribution in [3.8, 4) is 0 Å². The molecule has 2 N–H and O–H groups in total. The molecule has 1 aromatic heterocycles. The summed E-state index contributed by atoms with van der Waals surface area (Å²) in [7, 11) is 3.54. The lowest BCUT2D eigenvalue weighted by molar-refractivity contribution is -0.115. The number of nitrogens with zero attached hydrogens (tertiary/aromatic N) is 4. The van der Waals surface area contributed by atoms with Gasteiger partial charge in [-0.3, -0.25) is 4.79 Å². The number of nitrogen functional groups attached to an aromatic ring is 1. The molecule has 0 saturated carbocycles. The Balaban J connectivity index is 1.96. The molecule has 0 aliphatic carbocycles. The molecule has 0 aliphatic heterocycles. The van der Waals surface area contributed by atoms with E-state index in [4.69, 9.17) is 5.73 Å². The SMILES string of the molecule is CN(C(=O)CSc1ncnn1C)c1ccc(N)cc1. The topological polar surface area (TPSA) is 77.0 Å². The number of amides is 1. The van der Waals surface area contributed by atoms with Gasteiger partial charge in [-0.2, -0.15) is 5.10 Å². The van der Waals surface area contributed by atoms with Crippen molar-refractivity contribution in [1.82, 2.24) is 14.8 Å². The number of thioether (sulfide) groups is 1. The van der Waals surface area contributed by atoms with Crippen molar-refractivity contribution in [3.63, 3.8) is 0 Å². The molecule has 2 aromatic rings. The minimum atomic E-state index is -0.00206. The highest BCUT2D eigenvalue weighted by Crippen LogP contribution is 2.18. The van der Waals surface area contributed by atoms with Gasteiger partial charge in [-0.25, -0.2) is 9.67 Å². The van der Waals surface area contributed by atoms with Crippen LogP contribution in [0.5, 0.6) is 0 Å². The quantitative estimate of drug-likeness (QED) is 0.670. The number of nitrogens with two attached hydrogens (primary N) is 1. The van der Waals surface area contributed by atoms with Gasteiger partial charge < -0.3 is 10.6 Å². The first-order valence-electron chi connectivity index (χ1n) is 5.67. The summed E-state index contributed by atoms with van der Waals surface area (Å²) in [5, 5.41) is 4.67. The number of carbonyl (C=O) groups excluding carboxylic acids is 1. The Hall–Kier alpha value is -2.02. The van der Waals surface area contributed by atoms with Gasteiger partial charge in [-0.15, -0.1) is 0 Å². The molecule has 2 rings (SSSR count). The highest BCUT2D eigenvalue weighted by molar-refractivity contribution is 7.99. The third kappa shape index (κ3) is 3.25. The maximum absolute atomic E-state index is 12.1. The summed E-state index contributed by atoms with van der Waals surface area (Å²) in [6, 6.07) is 7.18. The second-order valence-corrected chi connectivity index (χ2v) is 4.94. The van der Waals surface area contributed by atoms with Crippen LogP contribution in [0, 0.1) is 0 Å². The number of aromatic nitrogens is 3. The Morgan fingerprint density at radius 1 is 1.42 bits per heavy atom. The molecule has 19 heavy (non-hydrogen) atoms. The van der Waals surface area contributed by atoms with Gasteiger partial charge in [0, 0.05) is 25.5 Å². The molecule has 0 bridgehead atoms. The van der Waals surface area contributed by atoms with Gasteiger partial charge in [0.1, 0.15) is 6.33 Å². The number of rotatable bonds is 4. The van der Waals surface area contributed by atoms with Gasteiger partial charge in [0.15, 0.2) is 5.16 Å². The van der Waals surface area contributed by atoms with Crippen molar-refractivity contribution in [2.75, 3.05) is 23.4 Å². The van der Waals surface area contributed by atoms with Crippen LogP contribution in [-0.4, -0.2) is 33.5 Å². The molecule has 6 nitrogen and oxygen atoms in total. The molecule has 0 saturated heterocycles. The van der Waals surface area contributed by atoms with Crippen LogP contribution in [0.15, 0.2) is 35.7 Å². The number of hydrogen-bond acceptors (Lipinski definition) is 5. The number of carbonyl (C=O) groups is 1. The Morgan fingerprint density at radius 2 is 2.11 bits per heavy atom. The van der Waals surface area contributed by atoms with Gasteiger partial charge >= 0.3 is 0 Å². The first-order chi connectivity index (χ1) is 9.08. The number of anilines is 2. The van der Waals surface area contributed by atoms with E-state index in [-0.39, 0.29) is 5.91 Å². The lowest BCUT2D eigenvalue weighted by atomic mass is 10.2. The van der Waals surface area contributed by atoms with Crippen molar-refractivity contribution in [1.29, 1.82) is 0 Å². The summed E-state index contributed by atoms with van der Waals surface area (Å²) in [5.41, 5.74) is 7.11. The fraction of sp³-hybridized carbons (Fsp3) is 0.250. The molecule has 1 amide bonds. The summed E-state index contributed by atoms with van der Waals surface area (Å²) < 4.78 is 1.64. The van der Waals surface area contributed by atoms with E-state index in [1.165, 1.54) is 18.1 Å². The summed E-state index contributed by atoms with van der Waals surface area (Å²) in [4.78, 5) is 17.7. The zero-order valence-electron chi connectivity index (χ0n) is 10.8. The summed E-state index contributed by atoms with van der Waals surface area (Å²) in [6.45, 7) is 0. The molecule has 0 atom stereocenters. The molecular weight excluding hydrogens is 262 g/mol. The van der Waals surface area contributed by atoms with Crippen molar-refractivity contribution in [2.45, 2.75) is 5.16 Å². The highest BCUT2D eigenvalue weighted by atomic mass is 32.2. The van der Waals surface area contributed by atoms with Crippen LogP contribution >= 0.6 is 11.8 Å². The van der Waals surface area contributed by atoms with E-state index in [2.05, 4.69) is 10.1 Å². The molecule has 100 valence electrons. The molecule has 0 radical (unpaired) electrons. The summed E-state index contributed by atoms with van der Waals surface area (Å²) in [5.74, 6) is 0.311. The molecule has 0 fully saturated rings. The van der Waals surface area contributed by atoms with Gasteiger partial charge in [-0.1, -0.05) is 11.8 Å². The van der Waals surface area contributed by atoms with E-state index in [0.717, 1.165) is 10.8 Å². The molecule has 0 unspecified atom stereocenters. The standard InChI is InChI=1S/C12H15N5OS/c1-16(10-5-3-9(13)4-6-10)11(18)7-19-12-14-8-15-17(12)2/h3-6,8H,7,13H2,1-2H3. The minimum absolute atomic E-state index is 0.00206. The van der Waals surface area contributed by atoms with E-state index >= 15 is 0 Å². The van der Waals surface area contributed by atoms with Crippen LogP contribution in [0.25, 0.3) is 0 Å². The first-order valence-corrected chi connectivity index (χ1v) is 6.65. The Kier molecular flexibility index (Phi) is 4.06. The van der Waals surface area contributed by atoms with Crippen LogP contribution in [0.1, 0.15) is 0 Å². The Morgan fingerprint density at radius 3 is 2.68 bits per heavy atom. The molecule has 1 heterocycles. The summed E-state index contributed by atoms with van der Waals surface area (Å²) >= 11 is 1.36. The number of benzene rings is 1. The maximum Gasteiger partial charge on any atom is 0.237 e. The molecule has 0 aliphatic rings. The second kappa shape index (κ2) is 5.75. The van der Waals surface area contributed by atoms with Gasteiger partial charge in [-0.05, 0) is 24.3 Å². The largest absolute Gasteiger partial charge is 0.399 e. The summed E-state index contributed by atoms with van der Waals surface area (Å²) in [6.07, 6.45) is 1.47. The normalized spacial score (nSPS) is 10.4. The van der Waals surface area contributed by atoms with E-state index in [1.54, 1.807) is 35.8 Å². The van der Waals surface area contributed by atoms with Gasteiger partial charge in [0.05, 0.1) is 5.75 Å². The third-order valence-electron chi connectivity index (χ3n) is 2.65. The number of hydrogen-bond donors (Lipinski definition) is 1.